The molecule has 3 nitrogen and oxygen atoms in total. The van der Waals surface area contributed by atoms with Gasteiger partial charge in [-0.3, -0.25) is 0 Å². The molecule has 0 radical (unpaired) electrons. The predicted octanol–water partition coefficient (Wildman–Crippen LogP) is 3.92. The van der Waals surface area contributed by atoms with Crippen LogP contribution in [0.4, 0.5) is 5.69 Å². The molecule has 19 heavy (non-hydrogen) atoms. The summed E-state index contributed by atoms with van der Waals surface area (Å²) in [6.07, 6.45) is 1.71. The molecular weight excluding hydrogens is 236 g/mol. The van der Waals surface area contributed by atoms with Gasteiger partial charge in [0.05, 0.1) is 0 Å². The van der Waals surface area contributed by atoms with E-state index in [9.17, 15) is 0 Å². The molecule has 0 unspecified atom stereocenters. The molecule has 2 aromatic carbocycles. The zero-order valence-electron chi connectivity index (χ0n) is 10.6. The summed E-state index contributed by atoms with van der Waals surface area (Å²) < 4.78 is 5.73. The van der Waals surface area contributed by atoms with E-state index in [0.717, 1.165) is 16.7 Å². The number of nitrogens with zero attached hydrogens (tertiary/aromatic N) is 1. The summed E-state index contributed by atoms with van der Waals surface area (Å²) in [5.41, 5.74) is 7.48. The minimum absolute atomic E-state index is 0.512. The SMILES string of the molecule is Cc1cnc(Oc2ccc3ccccc3c2)cc1N. The minimum Gasteiger partial charge on any atom is -0.439 e. The van der Waals surface area contributed by atoms with E-state index in [2.05, 4.69) is 17.1 Å². The molecule has 94 valence electrons. The Morgan fingerprint density at radius 3 is 2.58 bits per heavy atom. The van der Waals surface area contributed by atoms with E-state index in [1.807, 2.05) is 37.3 Å². The fourth-order valence-electron chi connectivity index (χ4n) is 1.93. The largest absolute Gasteiger partial charge is 0.439 e. The standard InChI is InChI=1S/C16H14N2O/c1-11-10-18-16(9-15(11)17)19-14-7-6-12-4-2-3-5-13(12)8-14/h2-10H,1H3,(H2,17,18). The Balaban J connectivity index is 1.94. The maximum Gasteiger partial charge on any atom is 0.221 e. The Hall–Kier alpha value is -2.55. The number of aromatic nitrogens is 1. The van der Waals surface area contributed by atoms with Crippen LogP contribution in [0.25, 0.3) is 10.8 Å². The first-order valence-corrected chi connectivity index (χ1v) is 6.11. The smallest absolute Gasteiger partial charge is 0.221 e. The first-order valence-electron chi connectivity index (χ1n) is 6.11. The lowest BCUT2D eigenvalue weighted by Crippen LogP contribution is -1.94. The third-order valence-electron chi connectivity index (χ3n) is 3.06. The quantitative estimate of drug-likeness (QED) is 0.750. The number of nitrogens with two attached hydrogens (primary N) is 1. The van der Waals surface area contributed by atoms with Gasteiger partial charge in [-0.05, 0) is 35.4 Å². The van der Waals surface area contributed by atoms with Crippen LogP contribution in [-0.2, 0) is 0 Å². The maximum absolute atomic E-state index is 5.84. The first-order chi connectivity index (χ1) is 9.22. The normalized spacial score (nSPS) is 10.6. The lowest BCUT2D eigenvalue weighted by Gasteiger charge is -2.07. The fourth-order valence-corrected chi connectivity index (χ4v) is 1.93. The van der Waals surface area contributed by atoms with Crippen LogP contribution in [0.3, 0.4) is 0 Å². The molecule has 0 atom stereocenters. The molecule has 2 N–H and O–H groups in total. The highest BCUT2D eigenvalue weighted by Crippen LogP contribution is 2.26. The third kappa shape index (κ3) is 2.36. The van der Waals surface area contributed by atoms with Crippen molar-refractivity contribution in [1.82, 2.24) is 4.98 Å². The fraction of sp³-hybridized carbons (Fsp3) is 0.0625. The molecule has 0 aliphatic rings. The molecule has 3 rings (SSSR count). The zero-order valence-corrected chi connectivity index (χ0v) is 10.6. The van der Waals surface area contributed by atoms with Crippen molar-refractivity contribution in [3.63, 3.8) is 0 Å². The van der Waals surface area contributed by atoms with Gasteiger partial charge in [0.15, 0.2) is 0 Å². The summed E-state index contributed by atoms with van der Waals surface area (Å²) in [5, 5.41) is 2.33. The number of hydrogen-bond acceptors (Lipinski definition) is 3. The average molecular weight is 250 g/mol. The van der Waals surface area contributed by atoms with Crippen LogP contribution < -0.4 is 10.5 Å². The van der Waals surface area contributed by atoms with Crippen molar-refractivity contribution < 1.29 is 4.74 Å². The zero-order chi connectivity index (χ0) is 13.2. The van der Waals surface area contributed by atoms with Gasteiger partial charge in [-0.2, -0.15) is 0 Å². The van der Waals surface area contributed by atoms with Crippen molar-refractivity contribution in [2.75, 3.05) is 5.73 Å². The molecule has 3 heteroatoms. The molecule has 3 aromatic rings. The predicted molar refractivity (Wildman–Crippen MR) is 77.4 cm³/mol. The van der Waals surface area contributed by atoms with E-state index in [1.54, 1.807) is 12.3 Å². The number of ether oxygens (including phenoxy) is 1. The lowest BCUT2D eigenvalue weighted by molar-refractivity contribution is 0.464. The van der Waals surface area contributed by atoms with Gasteiger partial charge < -0.3 is 10.5 Å². The van der Waals surface area contributed by atoms with Crippen LogP contribution in [0.5, 0.6) is 11.6 Å². The lowest BCUT2D eigenvalue weighted by atomic mass is 10.1. The maximum atomic E-state index is 5.84. The van der Waals surface area contributed by atoms with Crippen LogP contribution in [0.1, 0.15) is 5.56 Å². The Morgan fingerprint density at radius 1 is 1.00 bits per heavy atom. The van der Waals surface area contributed by atoms with E-state index in [-0.39, 0.29) is 0 Å². The van der Waals surface area contributed by atoms with Crippen molar-refractivity contribution >= 4 is 16.5 Å². The number of fused-ring (bicyclic) bond motifs is 1. The molecule has 0 fully saturated rings. The molecule has 1 heterocycles. The van der Waals surface area contributed by atoms with Crippen LogP contribution in [0, 0.1) is 6.92 Å². The Morgan fingerprint density at radius 2 is 1.79 bits per heavy atom. The Bertz CT molecular complexity index is 738. The molecule has 1 aromatic heterocycles. The van der Waals surface area contributed by atoms with Gasteiger partial charge in [-0.15, -0.1) is 0 Å². The van der Waals surface area contributed by atoms with E-state index in [0.29, 0.717) is 11.6 Å². The highest BCUT2D eigenvalue weighted by molar-refractivity contribution is 5.83. The van der Waals surface area contributed by atoms with E-state index < -0.39 is 0 Å². The number of benzene rings is 2. The number of rotatable bonds is 2. The van der Waals surface area contributed by atoms with Crippen molar-refractivity contribution in [3.8, 4) is 11.6 Å². The number of anilines is 1. The molecule has 0 spiro atoms. The summed E-state index contributed by atoms with van der Waals surface area (Å²) in [5.74, 6) is 1.27. The second-order valence-electron chi connectivity index (χ2n) is 4.49. The number of nitrogen functional groups attached to an aromatic ring is 1. The van der Waals surface area contributed by atoms with E-state index in [4.69, 9.17) is 10.5 Å². The molecule has 0 aliphatic carbocycles. The van der Waals surface area contributed by atoms with E-state index in [1.165, 1.54) is 5.39 Å². The Labute approximate surface area is 111 Å². The molecule has 0 saturated heterocycles. The van der Waals surface area contributed by atoms with Crippen LogP contribution in [-0.4, -0.2) is 4.98 Å². The second kappa shape index (κ2) is 4.61. The van der Waals surface area contributed by atoms with Crippen molar-refractivity contribution in [3.05, 3.63) is 60.3 Å². The third-order valence-corrected chi connectivity index (χ3v) is 3.06. The van der Waals surface area contributed by atoms with Crippen molar-refractivity contribution in [1.29, 1.82) is 0 Å². The second-order valence-corrected chi connectivity index (χ2v) is 4.49. The molecule has 0 amide bonds. The van der Waals surface area contributed by atoms with Crippen molar-refractivity contribution in [2.24, 2.45) is 0 Å². The first kappa shape index (κ1) is 11.5. The minimum atomic E-state index is 0.512. The van der Waals surface area contributed by atoms with Crippen molar-refractivity contribution in [2.45, 2.75) is 6.92 Å². The summed E-state index contributed by atoms with van der Waals surface area (Å²) in [6, 6.07) is 15.8. The number of pyridine rings is 1. The highest BCUT2D eigenvalue weighted by Gasteiger charge is 2.02. The monoisotopic (exact) mass is 250 g/mol. The molecular formula is C16H14N2O. The van der Waals surface area contributed by atoms with Gasteiger partial charge in [0.1, 0.15) is 5.75 Å². The Kier molecular flexibility index (Phi) is 2.80. The van der Waals surface area contributed by atoms with Gasteiger partial charge in [-0.1, -0.05) is 30.3 Å². The average Bonchev–Trinajstić information content (AvgIpc) is 2.43. The summed E-state index contributed by atoms with van der Waals surface area (Å²) in [7, 11) is 0. The summed E-state index contributed by atoms with van der Waals surface area (Å²) in [4.78, 5) is 4.21. The van der Waals surface area contributed by atoms with Gasteiger partial charge in [0.2, 0.25) is 5.88 Å². The molecule has 0 aliphatic heterocycles. The van der Waals surface area contributed by atoms with Crippen LogP contribution >= 0.6 is 0 Å². The van der Waals surface area contributed by atoms with Crippen LogP contribution in [0.15, 0.2) is 54.7 Å². The van der Waals surface area contributed by atoms with Crippen LogP contribution in [0.2, 0.25) is 0 Å². The number of aryl methyl sites for hydroxylation is 1. The van der Waals surface area contributed by atoms with Gasteiger partial charge in [0.25, 0.3) is 0 Å². The van der Waals surface area contributed by atoms with Gasteiger partial charge in [-0.25, -0.2) is 4.98 Å². The molecule has 0 saturated carbocycles. The summed E-state index contributed by atoms with van der Waals surface area (Å²) in [6.45, 7) is 1.92. The summed E-state index contributed by atoms with van der Waals surface area (Å²) >= 11 is 0. The highest BCUT2D eigenvalue weighted by atomic mass is 16.5. The van der Waals surface area contributed by atoms with Gasteiger partial charge in [0, 0.05) is 18.0 Å². The molecule has 0 bridgehead atoms. The van der Waals surface area contributed by atoms with Gasteiger partial charge >= 0.3 is 0 Å². The van der Waals surface area contributed by atoms with E-state index >= 15 is 0 Å². The topological polar surface area (TPSA) is 48.1 Å². The number of hydrogen-bond donors (Lipinski definition) is 1.